The second-order valence-electron chi connectivity index (χ2n) is 29.5. The van der Waals surface area contributed by atoms with Crippen LogP contribution in [0.2, 0.25) is 0 Å². The molecule has 0 fully saturated rings. The molecular weight excluding hydrogens is 1770 g/mol. The number of carbonyl (C=O) groups excluding carboxylic acids is 8. The normalized spacial score (nSPS) is 13.0. The van der Waals surface area contributed by atoms with Crippen molar-refractivity contribution < 1.29 is 157 Å². The summed E-state index contributed by atoms with van der Waals surface area (Å²) in [5.74, 6) is -19.1. The molecule has 4 aromatic rings. The van der Waals surface area contributed by atoms with E-state index in [0.717, 1.165) is 23.1 Å². The number of amides is 12. The van der Waals surface area contributed by atoms with Gasteiger partial charge in [-0.2, -0.15) is 17.5 Å². The number of nitrogens with one attached hydrogen (secondary N) is 12. The maximum absolute atomic E-state index is 13.5. The molecule has 0 radical (unpaired) electrons. The van der Waals surface area contributed by atoms with Crippen LogP contribution >= 0.6 is 11.7 Å². The van der Waals surface area contributed by atoms with Gasteiger partial charge in [-0.15, -0.1) is 0 Å². The van der Waals surface area contributed by atoms with Crippen LogP contribution in [-0.4, -0.2) is 290 Å². The molecule has 0 bridgehead atoms. The van der Waals surface area contributed by atoms with E-state index in [1.807, 2.05) is 21.3 Å². The summed E-state index contributed by atoms with van der Waals surface area (Å²) in [7, 11) is 0. The van der Waals surface area contributed by atoms with E-state index in [-0.39, 0.29) is 155 Å². The molecule has 0 saturated heterocycles. The fourth-order valence-electron chi connectivity index (χ4n) is 12.9. The number of hydrogen-bond donors (Lipinski definition) is 24. The van der Waals surface area contributed by atoms with E-state index in [1.165, 1.54) is 0 Å². The Morgan fingerprint density at radius 2 is 0.485 bits per heavy atom. The van der Waals surface area contributed by atoms with Crippen molar-refractivity contribution in [1.82, 2.24) is 72.5 Å². The number of benzene rings is 3. The summed E-state index contributed by atoms with van der Waals surface area (Å²) in [6.07, 6.45) is -4.01. The van der Waals surface area contributed by atoms with Gasteiger partial charge >= 0.3 is 95.8 Å². The van der Waals surface area contributed by atoms with Crippen LogP contribution in [-0.2, 0) is 88.1 Å². The molecule has 8 atom stereocenters. The molecule has 1 aliphatic heterocycles. The van der Waals surface area contributed by atoms with Gasteiger partial charge < -0.3 is 135 Å². The lowest BCUT2D eigenvalue weighted by atomic mass is 9.93. The van der Waals surface area contributed by atoms with Crippen molar-refractivity contribution >= 4 is 176 Å². The lowest BCUT2D eigenvalue weighted by molar-refractivity contribution is -0.142. The average molecular weight is 1870 g/mol. The van der Waals surface area contributed by atoms with Crippen molar-refractivity contribution in [3.63, 3.8) is 0 Å². The Bertz CT molecular complexity index is 4310. The molecule has 2 heterocycles. The van der Waals surface area contributed by atoms with Gasteiger partial charge in [0, 0.05) is 126 Å². The Kier molecular flexibility index (Phi) is 45.0. The smallest absolute Gasteiger partial charge is 0.326 e. The Labute approximate surface area is 746 Å². The van der Waals surface area contributed by atoms with E-state index in [0.29, 0.717) is 56.0 Å². The van der Waals surface area contributed by atoms with E-state index in [2.05, 4.69) is 42.5 Å². The third-order valence-corrected chi connectivity index (χ3v) is 20.8. The number of aliphatic carboxylic acids is 12. The van der Waals surface area contributed by atoms with Crippen LogP contribution < -0.4 is 73.6 Å². The Hall–Kier alpha value is -14.5. The standard InChI is InChI=1S/C78H104N18O32S2/c97-53(79-33-5-1-9-45(67(109)110)83-75(125)87-49(71(117)118)21-25-57(101)102)29-37-95(38-30-54(98)80-34-6-2-10-46(68(111)112)84-76(126)88-50(72(119)120)22-26-58(103)104)43-17-13-41(14-18-43)61-63-65(93-129-91-63)62(66-64(61)92-130-94-66)42-15-19-44(20-16-42)96(39-31-55(99)81-35-7-3-11-47(69(113)114)85-77(127)89-51(73(121)122)23-27-59(105)106)40-32-56(100)82-36-8-4-12-48(70(115)116)86-78(128)90-52(74(123)124)24-28-60(107)108/h13-20,45-52H,1-12,21-40H2,(H,79,97)(H,80,98)(H,81,99)(H,82,100)(H,101,102)(H,103,104)(H,105,106)(H,107,108)(H,109,110)(H,111,112)(H,113,114)(H,115,116)(H,117,118)(H,119,120)(H,121,122)(H,123,124)(H2,83,87,125)(H2,84,88,126)(H2,85,89,127)(H2,86,90,128)/t45-,46-,47-,48-,49-,50-,51-,52-/m0/s1. The molecule has 12 amide bonds. The van der Waals surface area contributed by atoms with Gasteiger partial charge in [0.15, 0.2) is 0 Å². The fourth-order valence-corrected chi connectivity index (χ4v) is 14.0. The zero-order valence-corrected chi connectivity index (χ0v) is 71.5. The molecule has 130 heavy (non-hydrogen) atoms. The SMILES string of the molecule is O=C(O)CC[C@H](NC(=O)N[C@@H](CCCCNC(=O)CCN(CCC(=O)NCCCC[C@H](NC(=O)N[C@@H](CCC(=O)O)C(=O)O)C(=O)O)c1ccc(-c2c3c(c(-c4ccc(N(CCC(=O)NCCCC[C@H](NC(=O)N[C@@H](CCC(=O)O)C(=O)O)C(=O)O)CCC(=O)NCCCC[C@H](NC(=O)N[C@@H](CCC(=O)O)C(=O)O)C(=O)O)cc4)c4nsnc24)N=S=N3)cc1)C(=O)O)C(=O)O. The van der Waals surface area contributed by atoms with Crippen LogP contribution in [0.25, 0.3) is 33.3 Å². The van der Waals surface area contributed by atoms with Gasteiger partial charge in [-0.3, -0.25) is 38.4 Å². The average Bonchev–Trinajstić information content (AvgIpc) is 1.55. The fraction of sp³-hybridized carbons (Fsp3) is 0.513. The van der Waals surface area contributed by atoms with Crippen molar-refractivity contribution in [1.29, 1.82) is 0 Å². The molecule has 0 aliphatic carbocycles. The minimum atomic E-state index is -1.63. The van der Waals surface area contributed by atoms with Gasteiger partial charge in [0.05, 0.1) is 23.1 Å². The van der Waals surface area contributed by atoms with Crippen LogP contribution in [0.15, 0.2) is 57.3 Å². The molecule has 3 aromatic carbocycles. The summed E-state index contributed by atoms with van der Waals surface area (Å²) < 4.78 is 18.8. The summed E-state index contributed by atoms with van der Waals surface area (Å²) in [6.45, 7) is 0.266. The summed E-state index contributed by atoms with van der Waals surface area (Å²) in [6, 6.07) is -3.15. The zero-order valence-electron chi connectivity index (χ0n) is 69.9. The molecular formula is C78H104N18O32S2. The highest BCUT2D eigenvalue weighted by molar-refractivity contribution is 7.58. The second-order valence-corrected chi connectivity index (χ2v) is 30.5. The highest BCUT2D eigenvalue weighted by atomic mass is 32.1. The van der Waals surface area contributed by atoms with Crippen molar-refractivity contribution in [3.05, 3.63) is 48.5 Å². The third kappa shape index (κ3) is 38.4. The molecule has 0 saturated carbocycles. The van der Waals surface area contributed by atoms with Gasteiger partial charge in [0.2, 0.25) is 23.6 Å². The van der Waals surface area contributed by atoms with Crippen LogP contribution in [0.5, 0.6) is 0 Å². The van der Waals surface area contributed by atoms with E-state index >= 15 is 0 Å². The van der Waals surface area contributed by atoms with Crippen molar-refractivity contribution in [2.75, 3.05) is 62.2 Å². The molecule has 50 nitrogen and oxygen atoms in total. The van der Waals surface area contributed by atoms with E-state index in [1.54, 1.807) is 58.3 Å². The van der Waals surface area contributed by atoms with Crippen molar-refractivity contribution in [2.45, 2.75) is 202 Å². The van der Waals surface area contributed by atoms with Crippen LogP contribution in [0, 0.1) is 0 Å². The number of fused-ring (bicyclic) bond motifs is 2. The molecule has 0 unspecified atom stereocenters. The lowest BCUT2D eigenvalue weighted by Gasteiger charge is -2.25. The Morgan fingerprint density at radius 1 is 0.277 bits per heavy atom. The predicted molar refractivity (Wildman–Crippen MR) is 456 cm³/mol. The quantitative estimate of drug-likeness (QED) is 0.0248. The van der Waals surface area contributed by atoms with E-state index in [9.17, 15) is 137 Å². The number of nitrogens with zero attached hydrogens (tertiary/aromatic N) is 6. The summed E-state index contributed by atoms with van der Waals surface area (Å²) in [5, 5.41) is 140. The molecule has 1 aromatic heterocycles. The first-order chi connectivity index (χ1) is 61.7. The summed E-state index contributed by atoms with van der Waals surface area (Å²) in [5.41, 5.74) is 4.98. The minimum Gasteiger partial charge on any atom is -0.481 e. The van der Waals surface area contributed by atoms with Gasteiger partial charge in [-0.1, -0.05) is 24.3 Å². The van der Waals surface area contributed by atoms with Gasteiger partial charge in [-0.25, -0.2) is 57.5 Å². The zero-order chi connectivity index (χ0) is 96.1. The Balaban J connectivity index is 1.34. The lowest BCUT2D eigenvalue weighted by Crippen LogP contribution is -2.51. The first-order valence-electron chi connectivity index (χ1n) is 40.9. The molecule has 710 valence electrons. The molecule has 5 rings (SSSR count). The topological polar surface area (TPSA) is 786 Å². The second kappa shape index (κ2) is 55.2. The highest BCUT2D eigenvalue weighted by Crippen LogP contribution is 2.52. The number of aromatic nitrogens is 2. The van der Waals surface area contributed by atoms with E-state index < -0.39 is 219 Å². The minimum absolute atomic E-state index is 0.0207. The number of carboxylic acid groups (broad SMARTS) is 12. The first kappa shape index (κ1) is 106. The van der Waals surface area contributed by atoms with Gasteiger partial charge in [0.25, 0.3) is 0 Å². The van der Waals surface area contributed by atoms with Crippen LogP contribution in [0.1, 0.15) is 154 Å². The predicted octanol–water partition coefficient (Wildman–Crippen LogP) is 2.35. The first-order valence-corrected chi connectivity index (χ1v) is 42.3. The maximum Gasteiger partial charge on any atom is 0.326 e. The van der Waals surface area contributed by atoms with Gasteiger partial charge in [0.1, 0.15) is 70.7 Å². The number of urea groups is 4. The number of hydrogen-bond acceptors (Lipinski definition) is 27. The van der Waals surface area contributed by atoms with Crippen molar-refractivity contribution in [2.24, 2.45) is 8.73 Å². The van der Waals surface area contributed by atoms with Crippen LogP contribution in [0.3, 0.4) is 0 Å². The van der Waals surface area contributed by atoms with Crippen molar-refractivity contribution in [3.8, 4) is 22.3 Å². The maximum atomic E-state index is 13.5. The summed E-state index contributed by atoms with van der Waals surface area (Å²) >= 11 is 1.80. The molecule has 24 N–H and O–H groups in total. The molecule has 52 heteroatoms. The largest absolute Gasteiger partial charge is 0.481 e. The summed E-state index contributed by atoms with van der Waals surface area (Å²) in [4.78, 5) is 246. The number of carbonyl (C=O) groups is 20. The molecule has 1 aliphatic rings. The van der Waals surface area contributed by atoms with Gasteiger partial charge in [-0.05, 0) is 138 Å². The number of carboxylic acids is 12. The number of anilines is 2. The Morgan fingerprint density at radius 3 is 0.685 bits per heavy atom. The highest BCUT2D eigenvalue weighted by Gasteiger charge is 2.33. The third-order valence-electron chi connectivity index (χ3n) is 19.8. The molecule has 0 spiro atoms. The number of rotatable bonds is 64. The van der Waals surface area contributed by atoms with E-state index in [4.69, 9.17) is 37.9 Å². The number of unbranched alkanes of at least 4 members (excludes halogenated alkanes) is 4. The van der Waals surface area contributed by atoms with Crippen LogP contribution in [0.4, 0.5) is 41.9 Å². The monoisotopic (exact) mass is 1870 g/mol.